The van der Waals surface area contributed by atoms with Crippen molar-refractivity contribution >= 4 is 34.1 Å². The summed E-state index contributed by atoms with van der Waals surface area (Å²) in [6, 6.07) is 1.58. The molecule has 8 heteroatoms. The zero-order valence-electron chi connectivity index (χ0n) is 11.5. The first kappa shape index (κ1) is 15.0. The van der Waals surface area contributed by atoms with E-state index >= 15 is 0 Å². The SMILES string of the molecule is Cc1cc(C(=O)Nc2nnc(SCCC(C)C)s2)no1. The summed E-state index contributed by atoms with van der Waals surface area (Å²) in [7, 11) is 0. The fourth-order valence-corrected chi connectivity index (χ4v) is 3.39. The van der Waals surface area contributed by atoms with Crippen LogP contribution in [0, 0.1) is 12.8 Å². The second-order valence-electron chi connectivity index (χ2n) is 4.68. The highest BCUT2D eigenvalue weighted by molar-refractivity contribution is 8.01. The molecule has 108 valence electrons. The van der Waals surface area contributed by atoms with Crippen molar-refractivity contribution in [1.82, 2.24) is 15.4 Å². The van der Waals surface area contributed by atoms with Gasteiger partial charge in [-0.15, -0.1) is 10.2 Å². The zero-order valence-corrected chi connectivity index (χ0v) is 13.2. The van der Waals surface area contributed by atoms with E-state index in [0.717, 1.165) is 16.5 Å². The number of carbonyl (C=O) groups excluding carboxylic acids is 1. The summed E-state index contributed by atoms with van der Waals surface area (Å²) in [6.07, 6.45) is 1.13. The van der Waals surface area contributed by atoms with E-state index in [4.69, 9.17) is 4.52 Å². The molecule has 0 unspecified atom stereocenters. The van der Waals surface area contributed by atoms with Gasteiger partial charge in [0.2, 0.25) is 5.13 Å². The minimum Gasteiger partial charge on any atom is -0.361 e. The first-order chi connectivity index (χ1) is 9.54. The first-order valence-electron chi connectivity index (χ1n) is 6.25. The number of nitrogens with zero attached hydrogens (tertiary/aromatic N) is 3. The number of nitrogens with one attached hydrogen (secondary N) is 1. The minimum atomic E-state index is -0.336. The van der Waals surface area contributed by atoms with Gasteiger partial charge in [-0.2, -0.15) is 0 Å². The van der Waals surface area contributed by atoms with Gasteiger partial charge in [0, 0.05) is 11.8 Å². The van der Waals surface area contributed by atoms with Gasteiger partial charge in [0.05, 0.1) is 0 Å². The topological polar surface area (TPSA) is 80.9 Å². The van der Waals surface area contributed by atoms with Gasteiger partial charge in [0.15, 0.2) is 10.0 Å². The number of carbonyl (C=O) groups is 1. The Balaban J connectivity index is 1.87. The molecule has 0 aromatic carbocycles. The van der Waals surface area contributed by atoms with Gasteiger partial charge >= 0.3 is 0 Å². The quantitative estimate of drug-likeness (QED) is 0.651. The van der Waals surface area contributed by atoms with E-state index in [1.165, 1.54) is 11.3 Å². The smallest absolute Gasteiger partial charge is 0.279 e. The van der Waals surface area contributed by atoms with E-state index < -0.39 is 0 Å². The van der Waals surface area contributed by atoms with Crippen LogP contribution in [0.4, 0.5) is 5.13 Å². The van der Waals surface area contributed by atoms with Gasteiger partial charge in [-0.3, -0.25) is 10.1 Å². The van der Waals surface area contributed by atoms with Gasteiger partial charge in [0.25, 0.3) is 5.91 Å². The number of aryl methyl sites for hydroxylation is 1. The summed E-state index contributed by atoms with van der Waals surface area (Å²) in [4.78, 5) is 11.8. The fraction of sp³-hybridized carbons (Fsp3) is 0.500. The predicted molar refractivity (Wildman–Crippen MR) is 79.3 cm³/mol. The van der Waals surface area contributed by atoms with Crippen molar-refractivity contribution in [2.75, 3.05) is 11.1 Å². The average molecular weight is 312 g/mol. The van der Waals surface area contributed by atoms with Gasteiger partial charge in [0.1, 0.15) is 5.76 Å². The molecule has 0 aliphatic heterocycles. The maximum absolute atomic E-state index is 11.8. The highest BCUT2D eigenvalue weighted by Crippen LogP contribution is 2.26. The largest absolute Gasteiger partial charge is 0.361 e. The Morgan fingerprint density at radius 2 is 2.30 bits per heavy atom. The van der Waals surface area contributed by atoms with Crippen molar-refractivity contribution < 1.29 is 9.32 Å². The highest BCUT2D eigenvalue weighted by atomic mass is 32.2. The molecule has 1 N–H and O–H groups in total. The Morgan fingerprint density at radius 3 is 2.95 bits per heavy atom. The number of hydrogen-bond acceptors (Lipinski definition) is 7. The number of anilines is 1. The van der Waals surface area contributed by atoms with Crippen LogP contribution in [0.25, 0.3) is 0 Å². The number of thioether (sulfide) groups is 1. The van der Waals surface area contributed by atoms with Gasteiger partial charge in [-0.25, -0.2) is 0 Å². The predicted octanol–water partition coefficient (Wildman–Crippen LogP) is 3.23. The van der Waals surface area contributed by atoms with Gasteiger partial charge in [-0.05, 0) is 19.3 Å². The van der Waals surface area contributed by atoms with Gasteiger partial charge < -0.3 is 4.52 Å². The number of hydrogen-bond donors (Lipinski definition) is 1. The minimum absolute atomic E-state index is 0.242. The number of aromatic nitrogens is 3. The van der Waals surface area contributed by atoms with E-state index in [0.29, 0.717) is 16.8 Å². The lowest BCUT2D eigenvalue weighted by Gasteiger charge is -2.00. The van der Waals surface area contributed by atoms with E-state index in [1.54, 1.807) is 24.8 Å². The van der Waals surface area contributed by atoms with Crippen molar-refractivity contribution in [3.05, 3.63) is 17.5 Å². The number of amides is 1. The average Bonchev–Trinajstić information content (AvgIpc) is 2.98. The third kappa shape index (κ3) is 4.31. The molecule has 0 atom stereocenters. The molecule has 0 aliphatic carbocycles. The maximum Gasteiger partial charge on any atom is 0.279 e. The maximum atomic E-state index is 11.8. The Bertz CT molecular complexity index is 580. The lowest BCUT2D eigenvalue weighted by atomic mass is 10.2. The summed E-state index contributed by atoms with van der Waals surface area (Å²) in [6.45, 7) is 6.11. The van der Waals surface area contributed by atoms with Crippen molar-refractivity contribution in [3.63, 3.8) is 0 Å². The molecular weight excluding hydrogens is 296 g/mol. The third-order valence-electron chi connectivity index (χ3n) is 2.41. The van der Waals surface area contributed by atoms with Crippen LogP contribution in [0.2, 0.25) is 0 Å². The molecule has 2 rings (SSSR count). The Morgan fingerprint density at radius 1 is 1.50 bits per heavy atom. The van der Waals surface area contributed by atoms with Gasteiger partial charge in [-0.1, -0.05) is 42.1 Å². The Hall–Kier alpha value is -1.41. The standard InChI is InChI=1S/C12H16N4O2S2/c1-7(2)4-5-19-12-15-14-11(20-12)13-10(17)9-6-8(3)18-16-9/h6-7H,4-5H2,1-3H3,(H,13,14,17). The van der Waals surface area contributed by atoms with E-state index in [-0.39, 0.29) is 11.6 Å². The molecule has 2 aromatic rings. The van der Waals surface area contributed by atoms with Crippen LogP contribution in [-0.4, -0.2) is 27.0 Å². The lowest BCUT2D eigenvalue weighted by molar-refractivity contribution is 0.101. The lowest BCUT2D eigenvalue weighted by Crippen LogP contribution is -2.11. The molecule has 0 aliphatic rings. The molecular formula is C12H16N4O2S2. The molecule has 2 heterocycles. The van der Waals surface area contributed by atoms with E-state index in [1.807, 2.05) is 0 Å². The van der Waals surface area contributed by atoms with Crippen LogP contribution in [0.5, 0.6) is 0 Å². The summed E-state index contributed by atoms with van der Waals surface area (Å²) < 4.78 is 5.72. The molecule has 6 nitrogen and oxygen atoms in total. The molecule has 0 saturated heterocycles. The fourth-order valence-electron chi connectivity index (χ4n) is 1.34. The van der Waals surface area contributed by atoms with Crippen molar-refractivity contribution in [2.45, 2.75) is 31.5 Å². The Labute approximate surface area is 125 Å². The summed E-state index contributed by atoms with van der Waals surface area (Å²) in [5.74, 6) is 1.93. The second-order valence-corrected chi connectivity index (χ2v) is 7.00. The van der Waals surface area contributed by atoms with Crippen LogP contribution in [0.1, 0.15) is 36.5 Å². The molecule has 0 spiro atoms. The molecule has 1 amide bonds. The molecule has 0 bridgehead atoms. The van der Waals surface area contributed by atoms with Crippen LogP contribution >= 0.6 is 23.1 Å². The normalized spacial score (nSPS) is 11.0. The van der Waals surface area contributed by atoms with Crippen molar-refractivity contribution in [2.24, 2.45) is 5.92 Å². The summed E-state index contributed by atoms with van der Waals surface area (Å²) >= 11 is 3.02. The summed E-state index contributed by atoms with van der Waals surface area (Å²) in [5.41, 5.74) is 0.242. The van der Waals surface area contributed by atoms with Crippen molar-refractivity contribution in [3.8, 4) is 0 Å². The number of rotatable bonds is 6. The summed E-state index contributed by atoms with van der Waals surface area (Å²) in [5, 5.41) is 14.8. The van der Waals surface area contributed by atoms with Crippen LogP contribution in [0.3, 0.4) is 0 Å². The monoisotopic (exact) mass is 312 g/mol. The van der Waals surface area contributed by atoms with Crippen molar-refractivity contribution in [1.29, 1.82) is 0 Å². The van der Waals surface area contributed by atoms with Crippen LogP contribution in [0.15, 0.2) is 14.9 Å². The first-order valence-corrected chi connectivity index (χ1v) is 8.06. The third-order valence-corrected chi connectivity index (χ3v) is 4.41. The zero-order chi connectivity index (χ0) is 14.5. The molecule has 0 saturated carbocycles. The molecule has 0 radical (unpaired) electrons. The van der Waals surface area contributed by atoms with E-state index in [9.17, 15) is 4.79 Å². The van der Waals surface area contributed by atoms with E-state index in [2.05, 4.69) is 34.5 Å². The second kappa shape index (κ2) is 6.85. The Kier molecular flexibility index (Phi) is 5.13. The van der Waals surface area contributed by atoms with Crippen LogP contribution < -0.4 is 5.32 Å². The molecule has 0 fully saturated rings. The molecule has 2 aromatic heterocycles. The highest BCUT2D eigenvalue weighted by Gasteiger charge is 2.14. The van der Waals surface area contributed by atoms with Crippen LogP contribution in [-0.2, 0) is 0 Å². The molecule has 20 heavy (non-hydrogen) atoms.